The molecule has 1 aliphatic heterocycles. The molecule has 39 heavy (non-hydrogen) atoms. The summed E-state index contributed by atoms with van der Waals surface area (Å²) in [5, 5.41) is 33.6. The molecule has 0 aromatic carbocycles. The molecule has 1 aliphatic rings. The van der Waals surface area contributed by atoms with Gasteiger partial charge >= 0.3 is 17.9 Å². The van der Waals surface area contributed by atoms with Crippen LogP contribution in [-0.4, -0.2) is 156 Å². The van der Waals surface area contributed by atoms with E-state index >= 15 is 0 Å². The van der Waals surface area contributed by atoms with E-state index in [9.17, 15) is 39.3 Å². The summed E-state index contributed by atoms with van der Waals surface area (Å²) in [5.41, 5.74) is 0. The molecule has 1 fully saturated rings. The lowest BCUT2D eigenvalue weighted by Crippen LogP contribution is -2.49. The number of hydrogen-bond acceptors (Lipinski definition) is 9. The number of nitrogens with one attached hydrogen (secondary N) is 2. The molecule has 0 spiro atoms. The van der Waals surface area contributed by atoms with Gasteiger partial charge in [-0.05, 0) is 19.3 Å². The third-order valence-corrected chi connectivity index (χ3v) is 6.38. The first-order valence-electron chi connectivity index (χ1n) is 13.7. The van der Waals surface area contributed by atoms with Gasteiger partial charge in [0.05, 0.1) is 26.2 Å². The van der Waals surface area contributed by atoms with Crippen LogP contribution in [0.4, 0.5) is 0 Å². The topological polar surface area (TPSA) is 183 Å². The van der Waals surface area contributed by atoms with Crippen LogP contribution in [0.15, 0.2) is 0 Å². The van der Waals surface area contributed by atoms with Crippen molar-refractivity contribution in [1.29, 1.82) is 0 Å². The van der Waals surface area contributed by atoms with Crippen LogP contribution in [0.1, 0.15) is 39.0 Å². The monoisotopic (exact) mass is 558 g/mol. The largest absolute Gasteiger partial charge is 0.480 e. The standard InChI is InChI=1S/C25H46N6O8/c1-2-3-7-26-21(32)6-4-5-8-27-22(33)17-28-9-11-29(18-23(34)35)13-15-31(20-25(38)39)16-14-30(12-10-28)19-24(36)37/h2-20H2,1H3,(H,26,32)(H,27,33)(H,34,35)(H,36,37)(H,38,39). The van der Waals surface area contributed by atoms with Gasteiger partial charge in [0, 0.05) is 71.9 Å². The fraction of sp³-hybridized carbons (Fsp3) is 0.800. The van der Waals surface area contributed by atoms with E-state index in [0.29, 0.717) is 84.7 Å². The van der Waals surface area contributed by atoms with E-state index < -0.39 is 17.9 Å². The molecular weight excluding hydrogens is 512 g/mol. The summed E-state index contributed by atoms with van der Waals surface area (Å²) in [7, 11) is 0. The Morgan fingerprint density at radius 2 is 0.897 bits per heavy atom. The minimum absolute atomic E-state index is 0.0111. The van der Waals surface area contributed by atoms with Crippen LogP contribution in [0, 0.1) is 0 Å². The highest BCUT2D eigenvalue weighted by molar-refractivity contribution is 5.78. The quantitative estimate of drug-likeness (QED) is 0.141. The van der Waals surface area contributed by atoms with Crippen LogP contribution >= 0.6 is 0 Å². The molecule has 0 bridgehead atoms. The summed E-state index contributed by atoms with van der Waals surface area (Å²) in [6.07, 6.45) is 3.70. The normalized spacial score (nSPS) is 17.1. The molecule has 1 saturated heterocycles. The van der Waals surface area contributed by atoms with Crippen LogP contribution in [0.2, 0.25) is 0 Å². The first kappa shape index (κ1) is 34.2. The Bertz CT molecular complexity index is 752. The molecule has 1 rings (SSSR count). The molecular formula is C25H46N6O8. The van der Waals surface area contributed by atoms with E-state index in [1.807, 2.05) is 4.90 Å². The van der Waals surface area contributed by atoms with Gasteiger partial charge in [-0.3, -0.25) is 43.6 Å². The second-order valence-corrected chi connectivity index (χ2v) is 9.80. The number of unbranched alkanes of at least 4 members (excludes halogenated alkanes) is 2. The Labute approximate surface area is 230 Å². The van der Waals surface area contributed by atoms with Crippen LogP contribution in [0.5, 0.6) is 0 Å². The SMILES string of the molecule is CCCCNC(=O)CCCCNC(=O)CN1CCN(CC(=O)O)CCN(CC(=O)O)CCN(CC(=O)O)CC1. The third-order valence-electron chi connectivity index (χ3n) is 6.38. The van der Waals surface area contributed by atoms with E-state index in [-0.39, 0.29) is 38.0 Å². The Balaban J connectivity index is 2.68. The number of carbonyl (C=O) groups excluding carboxylic acids is 2. The Morgan fingerprint density at radius 3 is 1.28 bits per heavy atom. The van der Waals surface area contributed by atoms with Gasteiger partial charge in [0.1, 0.15) is 0 Å². The highest BCUT2D eigenvalue weighted by Gasteiger charge is 2.21. The van der Waals surface area contributed by atoms with Crippen molar-refractivity contribution in [2.24, 2.45) is 0 Å². The smallest absolute Gasteiger partial charge is 0.317 e. The lowest BCUT2D eigenvalue weighted by atomic mass is 10.2. The summed E-state index contributed by atoms with van der Waals surface area (Å²) in [6, 6.07) is 0. The molecule has 0 aromatic heterocycles. The van der Waals surface area contributed by atoms with Crippen LogP contribution in [-0.2, 0) is 24.0 Å². The van der Waals surface area contributed by atoms with Crippen molar-refractivity contribution in [2.75, 3.05) is 91.6 Å². The fourth-order valence-corrected chi connectivity index (χ4v) is 4.18. The number of rotatable bonds is 16. The van der Waals surface area contributed by atoms with E-state index in [4.69, 9.17) is 0 Å². The number of carboxylic acids is 3. The van der Waals surface area contributed by atoms with E-state index in [0.717, 1.165) is 12.8 Å². The van der Waals surface area contributed by atoms with E-state index in [1.54, 1.807) is 14.7 Å². The first-order valence-corrected chi connectivity index (χ1v) is 13.7. The van der Waals surface area contributed by atoms with Crippen molar-refractivity contribution in [2.45, 2.75) is 39.0 Å². The zero-order valence-corrected chi connectivity index (χ0v) is 23.1. The highest BCUT2D eigenvalue weighted by atomic mass is 16.4. The molecule has 2 amide bonds. The minimum atomic E-state index is -1.01. The maximum absolute atomic E-state index is 12.6. The molecule has 0 aliphatic carbocycles. The molecule has 0 aromatic rings. The molecule has 0 unspecified atom stereocenters. The average molecular weight is 559 g/mol. The summed E-state index contributed by atoms with van der Waals surface area (Å²) in [5.74, 6) is -3.19. The zero-order chi connectivity index (χ0) is 29.0. The number of hydrogen-bond donors (Lipinski definition) is 5. The third kappa shape index (κ3) is 18.2. The Kier molecular flexibility index (Phi) is 17.7. The summed E-state index contributed by atoms with van der Waals surface area (Å²) in [6.45, 7) is 5.36. The maximum atomic E-state index is 12.6. The number of amides is 2. The Hall–Kier alpha value is -2.81. The average Bonchev–Trinajstić information content (AvgIpc) is 2.84. The van der Waals surface area contributed by atoms with Gasteiger partial charge in [-0.1, -0.05) is 13.3 Å². The van der Waals surface area contributed by atoms with Crippen molar-refractivity contribution in [1.82, 2.24) is 30.2 Å². The number of carboxylic acid groups (broad SMARTS) is 3. The molecule has 0 radical (unpaired) electrons. The van der Waals surface area contributed by atoms with Gasteiger partial charge in [-0.15, -0.1) is 0 Å². The van der Waals surface area contributed by atoms with Crippen LogP contribution in [0.3, 0.4) is 0 Å². The maximum Gasteiger partial charge on any atom is 0.317 e. The number of carbonyl (C=O) groups is 5. The predicted molar refractivity (Wildman–Crippen MR) is 143 cm³/mol. The lowest BCUT2D eigenvalue weighted by Gasteiger charge is -2.32. The molecule has 1 heterocycles. The second-order valence-electron chi connectivity index (χ2n) is 9.80. The second kappa shape index (κ2) is 20.1. The first-order chi connectivity index (χ1) is 18.6. The molecule has 224 valence electrons. The molecule has 14 nitrogen and oxygen atoms in total. The molecule has 0 atom stereocenters. The molecule has 5 N–H and O–H groups in total. The van der Waals surface area contributed by atoms with Gasteiger partial charge in [0.2, 0.25) is 11.8 Å². The zero-order valence-electron chi connectivity index (χ0n) is 23.1. The van der Waals surface area contributed by atoms with Crippen LogP contribution < -0.4 is 10.6 Å². The van der Waals surface area contributed by atoms with Gasteiger partial charge in [0.15, 0.2) is 0 Å². The van der Waals surface area contributed by atoms with Crippen molar-refractivity contribution < 1.29 is 39.3 Å². The van der Waals surface area contributed by atoms with E-state index in [2.05, 4.69) is 17.6 Å². The summed E-state index contributed by atoms with van der Waals surface area (Å²) < 4.78 is 0. The Morgan fingerprint density at radius 1 is 0.538 bits per heavy atom. The van der Waals surface area contributed by atoms with E-state index in [1.165, 1.54) is 0 Å². The van der Waals surface area contributed by atoms with Crippen molar-refractivity contribution >= 4 is 29.7 Å². The highest BCUT2D eigenvalue weighted by Crippen LogP contribution is 2.02. The van der Waals surface area contributed by atoms with Gasteiger partial charge in [-0.25, -0.2) is 0 Å². The van der Waals surface area contributed by atoms with Crippen LogP contribution in [0.25, 0.3) is 0 Å². The number of aliphatic carboxylic acids is 3. The predicted octanol–water partition coefficient (Wildman–Crippen LogP) is -1.34. The van der Waals surface area contributed by atoms with Crippen molar-refractivity contribution in [3.05, 3.63) is 0 Å². The summed E-state index contributed by atoms with van der Waals surface area (Å²) >= 11 is 0. The van der Waals surface area contributed by atoms with Gasteiger partial charge in [-0.2, -0.15) is 0 Å². The number of nitrogens with zero attached hydrogens (tertiary/aromatic N) is 4. The lowest BCUT2D eigenvalue weighted by molar-refractivity contribution is -0.140. The minimum Gasteiger partial charge on any atom is -0.480 e. The van der Waals surface area contributed by atoms with Gasteiger partial charge < -0.3 is 26.0 Å². The summed E-state index contributed by atoms with van der Waals surface area (Å²) in [4.78, 5) is 65.4. The molecule has 0 saturated carbocycles. The van der Waals surface area contributed by atoms with Gasteiger partial charge in [0.25, 0.3) is 0 Å². The van der Waals surface area contributed by atoms with Crippen molar-refractivity contribution in [3.8, 4) is 0 Å². The molecule has 14 heteroatoms. The van der Waals surface area contributed by atoms with Crippen molar-refractivity contribution in [3.63, 3.8) is 0 Å². The fourth-order valence-electron chi connectivity index (χ4n) is 4.18.